The molecule has 1 aromatic heterocycles. The maximum atomic E-state index is 11.8. The summed E-state index contributed by atoms with van der Waals surface area (Å²) in [6.07, 6.45) is 0. The Balaban J connectivity index is 2.32. The molecule has 2 aromatic rings. The van der Waals surface area contributed by atoms with E-state index in [9.17, 15) is 14.7 Å². The Morgan fingerprint density at radius 3 is 2.82 bits per heavy atom. The number of fused-ring (bicyclic) bond motifs is 3. The van der Waals surface area contributed by atoms with Gasteiger partial charge in [-0.1, -0.05) is 15.9 Å². The van der Waals surface area contributed by atoms with Crippen molar-refractivity contribution in [3.05, 3.63) is 39.4 Å². The van der Waals surface area contributed by atoms with E-state index in [1.165, 1.54) is 11.7 Å². The molecule has 8 heteroatoms. The van der Waals surface area contributed by atoms with Crippen LogP contribution in [0.2, 0.25) is 0 Å². The van der Waals surface area contributed by atoms with E-state index < -0.39 is 11.9 Å². The van der Waals surface area contributed by atoms with Gasteiger partial charge in [0.2, 0.25) is 0 Å². The van der Waals surface area contributed by atoms with E-state index in [0.717, 1.165) is 10.0 Å². The monoisotopic (exact) mass is 366 g/mol. The van der Waals surface area contributed by atoms with Crippen LogP contribution in [0.1, 0.15) is 32.4 Å². The minimum atomic E-state index is -1.26. The van der Waals surface area contributed by atoms with Crippen molar-refractivity contribution in [2.24, 2.45) is 0 Å². The molecule has 0 amide bonds. The summed E-state index contributed by atoms with van der Waals surface area (Å²) < 4.78 is 12.5. The van der Waals surface area contributed by atoms with Gasteiger partial charge in [-0.2, -0.15) is 0 Å². The van der Waals surface area contributed by atoms with E-state index in [4.69, 9.17) is 4.74 Å². The molecule has 0 bridgehead atoms. The fourth-order valence-electron chi connectivity index (χ4n) is 2.34. The summed E-state index contributed by atoms with van der Waals surface area (Å²) in [7, 11) is 1.18. The summed E-state index contributed by atoms with van der Waals surface area (Å²) in [5.41, 5.74) is 0.969. The normalized spacial score (nSPS) is 12.1. The van der Waals surface area contributed by atoms with Gasteiger partial charge >= 0.3 is 11.9 Å². The molecule has 0 atom stereocenters. The molecule has 0 fully saturated rings. The molecule has 1 N–H and O–H groups in total. The zero-order valence-electron chi connectivity index (χ0n) is 11.7. The molecule has 0 spiro atoms. The average Bonchev–Trinajstić information content (AvgIpc) is 2.87. The number of carbonyl (C=O) groups is 2. The van der Waals surface area contributed by atoms with Gasteiger partial charge in [0.15, 0.2) is 17.2 Å². The quantitative estimate of drug-likeness (QED) is 0.820. The van der Waals surface area contributed by atoms with Crippen molar-refractivity contribution in [3.63, 3.8) is 0 Å². The van der Waals surface area contributed by atoms with Crippen molar-refractivity contribution < 1.29 is 24.2 Å². The standard InChI is InChI=1S/C14H11BrN2O5/c1-6-3-8-9(4-7(6)15)22-5-10-16-11(14(20)21-2)12(13(18)19)17(8)10/h3-4H,5H2,1-2H3,(H,18,19). The summed E-state index contributed by atoms with van der Waals surface area (Å²) in [5.74, 6) is -1.20. The number of aromatic nitrogens is 2. The van der Waals surface area contributed by atoms with Crippen LogP contribution >= 0.6 is 15.9 Å². The van der Waals surface area contributed by atoms with Crippen LogP contribution in [0.4, 0.5) is 0 Å². The van der Waals surface area contributed by atoms with Gasteiger partial charge in [0, 0.05) is 4.47 Å². The number of aryl methyl sites for hydroxylation is 1. The van der Waals surface area contributed by atoms with Gasteiger partial charge in [0.25, 0.3) is 0 Å². The molecule has 0 aliphatic carbocycles. The molecular weight excluding hydrogens is 356 g/mol. The number of benzene rings is 1. The lowest BCUT2D eigenvalue weighted by Crippen LogP contribution is -2.18. The number of ether oxygens (including phenoxy) is 2. The molecule has 0 saturated heterocycles. The number of hydrogen-bond donors (Lipinski definition) is 1. The minimum Gasteiger partial charge on any atom is -0.483 e. The second kappa shape index (κ2) is 5.13. The molecule has 22 heavy (non-hydrogen) atoms. The lowest BCUT2D eigenvalue weighted by molar-refractivity contribution is 0.0575. The molecule has 0 unspecified atom stereocenters. The Bertz CT molecular complexity index is 812. The van der Waals surface area contributed by atoms with Crippen LogP contribution in [0.5, 0.6) is 5.75 Å². The Hall–Kier alpha value is -2.35. The van der Waals surface area contributed by atoms with E-state index >= 15 is 0 Å². The van der Waals surface area contributed by atoms with Crippen LogP contribution in [0.15, 0.2) is 16.6 Å². The third-order valence-electron chi connectivity index (χ3n) is 3.37. The minimum absolute atomic E-state index is 0.0692. The Labute approximate surface area is 133 Å². The highest BCUT2D eigenvalue weighted by Crippen LogP contribution is 2.36. The third-order valence-corrected chi connectivity index (χ3v) is 4.22. The van der Waals surface area contributed by atoms with Crippen LogP contribution < -0.4 is 4.74 Å². The number of rotatable bonds is 2. The van der Waals surface area contributed by atoms with Gasteiger partial charge in [0.1, 0.15) is 12.4 Å². The van der Waals surface area contributed by atoms with E-state index in [1.807, 2.05) is 6.92 Å². The molecule has 3 rings (SSSR count). The summed E-state index contributed by atoms with van der Waals surface area (Å²) in [6, 6.07) is 3.54. The van der Waals surface area contributed by atoms with E-state index in [1.54, 1.807) is 12.1 Å². The maximum absolute atomic E-state index is 11.8. The average molecular weight is 367 g/mol. The predicted octanol–water partition coefficient (Wildman–Crippen LogP) is 2.32. The van der Waals surface area contributed by atoms with Gasteiger partial charge in [-0.3, -0.25) is 4.57 Å². The second-order valence-corrected chi connectivity index (χ2v) is 5.57. The first kappa shape index (κ1) is 14.6. The van der Waals surface area contributed by atoms with Crippen LogP contribution in [-0.4, -0.2) is 33.7 Å². The second-order valence-electron chi connectivity index (χ2n) is 4.72. The highest BCUT2D eigenvalue weighted by Gasteiger charge is 2.32. The largest absolute Gasteiger partial charge is 0.483 e. The number of hydrogen-bond acceptors (Lipinski definition) is 5. The molecule has 1 aromatic carbocycles. The van der Waals surface area contributed by atoms with Gasteiger partial charge in [-0.05, 0) is 24.6 Å². The van der Waals surface area contributed by atoms with Crippen LogP contribution in [0.25, 0.3) is 5.69 Å². The number of esters is 1. The fraction of sp³-hybridized carbons (Fsp3) is 0.214. The van der Waals surface area contributed by atoms with E-state index in [0.29, 0.717) is 17.3 Å². The van der Waals surface area contributed by atoms with Gasteiger partial charge < -0.3 is 14.6 Å². The van der Waals surface area contributed by atoms with Gasteiger partial charge in [-0.15, -0.1) is 0 Å². The molecule has 1 aliphatic heterocycles. The fourth-order valence-corrected chi connectivity index (χ4v) is 2.66. The Morgan fingerprint density at radius 2 is 2.18 bits per heavy atom. The molecule has 0 saturated carbocycles. The number of carbonyl (C=O) groups excluding carboxylic acids is 1. The van der Waals surface area contributed by atoms with Crippen molar-refractivity contribution in [2.75, 3.05) is 7.11 Å². The number of imidazole rings is 1. The smallest absolute Gasteiger partial charge is 0.359 e. The van der Waals surface area contributed by atoms with Crippen molar-refractivity contribution in [1.82, 2.24) is 9.55 Å². The summed E-state index contributed by atoms with van der Waals surface area (Å²) in [5, 5.41) is 9.49. The number of carboxylic acid groups (broad SMARTS) is 1. The molecule has 2 heterocycles. The highest BCUT2D eigenvalue weighted by atomic mass is 79.9. The van der Waals surface area contributed by atoms with Crippen molar-refractivity contribution in [3.8, 4) is 11.4 Å². The van der Waals surface area contributed by atoms with Crippen molar-refractivity contribution in [2.45, 2.75) is 13.5 Å². The van der Waals surface area contributed by atoms with Crippen LogP contribution in [-0.2, 0) is 11.3 Å². The van der Waals surface area contributed by atoms with Crippen LogP contribution in [0.3, 0.4) is 0 Å². The van der Waals surface area contributed by atoms with Gasteiger partial charge in [-0.25, -0.2) is 14.6 Å². The highest BCUT2D eigenvalue weighted by molar-refractivity contribution is 9.10. The SMILES string of the molecule is COC(=O)c1nc2n(c1C(=O)O)-c1cc(C)c(Br)cc1OC2. The number of aromatic carboxylic acids is 1. The topological polar surface area (TPSA) is 90.7 Å². The Kier molecular flexibility index (Phi) is 3.40. The Morgan fingerprint density at radius 1 is 1.45 bits per heavy atom. The van der Waals surface area contributed by atoms with Crippen molar-refractivity contribution >= 4 is 27.9 Å². The first-order chi connectivity index (χ1) is 10.4. The molecule has 1 aliphatic rings. The van der Waals surface area contributed by atoms with Crippen molar-refractivity contribution in [1.29, 1.82) is 0 Å². The van der Waals surface area contributed by atoms with Crippen LogP contribution in [0, 0.1) is 6.92 Å². The predicted molar refractivity (Wildman–Crippen MR) is 78.6 cm³/mol. The summed E-state index contributed by atoms with van der Waals surface area (Å²) in [4.78, 5) is 27.5. The van der Waals surface area contributed by atoms with E-state index in [-0.39, 0.29) is 18.0 Å². The van der Waals surface area contributed by atoms with Gasteiger partial charge in [0.05, 0.1) is 12.8 Å². The lowest BCUT2D eigenvalue weighted by atomic mass is 10.2. The first-order valence-corrected chi connectivity index (χ1v) is 7.10. The molecular formula is C14H11BrN2O5. The molecule has 114 valence electrons. The molecule has 7 nitrogen and oxygen atoms in total. The summed E-state index contributed by atoms with van der Waals surface area (Å²) in [6.45, 7) is 1.94. The zero-order chi connectivity index (χ0) is 16.0. The number of nitrogens with zero attached hydrogens (tertiary/aromatic N) is 2. The maximum Gasteiger partial charge on any atom is 0.359 e. The number of carboxylic acids is 1. The third kappa shape index (κ3) is 2.07. The molecule has 0 radical (unpaired) electrons. The lowest BCUT2D eigenvalue weighted by Gasteiger charge is -2.21. The van der Waals surface area contributed by atoms with E-state index in [2.05, 4.69) is 25.7 Å². The first-order valence-electron chi connectivity index (χ1n) is 6.30. The zero-order valence-corrected chi connectivity index (χ0v) is 13.3. The number of halogens is 1. The summed E-state index contributed by atoms with van der Waals surface area (Å²) >= 11 is 3.41. The number of methoxy groups -OCH3 is 1.